The van der Waals surface area contributed by atoms with Crippen LogP contribution in [0.4, 0.5) is 5.13 Å². The van der Waals surface area contributed by atoms with Crippen molar-refractivity contribution in [3.63, 3.8) is 0 Å². The Morgan fingerprint density at radius 2 is 1.91 bits per heavy atom. The fourth-order valence-electron chi connectivity index (χ4n) is 1.95. The van der Waals surface area contributed by atoms with Gasteiger partial charge in [0, 0.05) is 17.3 Å². The van der Waals surface area contributed by atoms with E-state index in [1.54, 1.807) is 18.0 Å². The number of carbonyl (C=O) groups is 1. The molecular formula is C17H15N3OS2. The van der Waals surface area contributed by atoms with Crippen molar-refractivity contribution >= 4 is 34.1 Å². The zero-order valence-corrected chi connectivity index (χ0v) is 13.9. The lowest BCUT2D eigenvalue weighted by Gasteiger charge is -2.02. The Morgan fingerprint density at radius 1 is 1.09 bits per heavy atom. The number of benzene rings is 1. The van der Waals surface area contributed by atoms with Crippen LogP contribution in [0.1, 0.15) is 5.56 Å². The molecule has 23 heavy (non-hydrogen) atoms. The largest absolute Gasteiger partial charge is 0.301 e. The van der Waals surface area contributed by atoms with E-state index in [0.29, 0.717) is 10.9 Å². The number of thioether (sulfide) groups is 1. The van der Waals surface area contributed by atoms with E-state index in [4.69, 9.17) is 0 Å². The van der Waals surface area contributed by atoms with Crippen molar-refractivity contribution in [2.45, 2.75) is 5.75 Å². The summed E-state index contributed by atoms with van der Waals surface area (Å²) in [6, 6.07) is 15.8. The van der Waals surface area contributed by atoms with Crippen molar-refractivity contribution in [2.75, 3.05) is 11.1 Å². The first-order chi connectivity index (χ1) is 11.3. The number of hydrogen-bond acceptors (Lipinski definition) is 5. The molecule has 4 nitrogen and oxygen atoms in total. The monoisotopic (exact) mass is 341 g/mol. The van der Waals surface area contributed by atoms with Gasteiger partial charge in [0.15, 0.2) is 5.13 Å². The molecule has 0 aliphatic carbocycles. The van der Waals surface area contributed by atoms with Crippen molar-refractivity contribution < 1.29 is 4.79 Å². The number of pyridine rings is 1. The number of amides is 1. The van der Waals surface area contributed by atoms with E-state index in [9.17, 15) is 4.79 Å². The molecule has 0 radical (unpaired) electrons. The quantitative estimate of drug-likeness (QED) is 0.734. The summed E-state index contributed by atoms with van der Waals surface area (Å²) >= 11 is 3.00. The van der Waals surface area contributed by atoms with E-state index < -0.39 is 0 Å². The lowest BCUT2D eigenvalue weighted by molar-refractivity contribution is -0.113. The molecule has 0 spiro atoms. The van der Waals surface area contributed by atoms with E-state index in [1.165, 1.54) is 16.9 Å². The summed E-state index contributed by atoms with van der Waals surface area (Å²) in [4.78, 5) is 20.6. The van der Waals surface area contributed by atoms with Gasteiger partial charge >= 0.3 is 0 Å². The summed E-state index contributed by atoms with van der Waals surface area (Å²) < 4.78 is 0. The summed E-state index contributed by atoms with van der Waals surface area (Å²) in [6.45, 7) is 0. The van der Waals surface area contributed by atoms with Crippen LogP contribution in [0.5, 0.6) is 0 Å². The van der Waals surface area contributed by atoms with Gasteiger partial charge in [0.1, 0.15) is 5.69 Å². The Morgan fingerprint density at radius 3 is 2.70 bits per heavy atom. The minimum Gasteiger partial charge on any atom is -0.301 e. The highest BCUT2D eigenvalue weighted by Crippen LogP contribution is 2.23. The summed E-state index contributed by atoms with van der Waals surface area (Å²) in [5.74, 6) is 1.20. The highest BCUT2D eigenvalue weighted by molar-refractivity contribution is 7.99. The highest BCUT2D eigenvalue weighted by atomic mass is 32.2. The Hall–Kier alpha value is -2.18. The Bertz CT molecular complexity index is 760. The molecular weight excluding hydrogens is 326 g/mol. The van der Waals surface area contributed by atoms with Crippen LogP contribution in [-0.4, -0.2) is 21.6 Å². The van der Waals surface area contributed by atoms with Gasteiger partial charge in [0.25, 0.3) is 0 Å². The molecule has 2 heterocycles. The number of carbonyl (C=O) groups excluding carboxylic acids is 1. The molecule has 6 heteroatoms. The molecule has 0 unspecified atom stereocenters. The Balaban J connectivity index is 1.49. The van der Waals surface area contributed by atoms with Crippen molar-refractivity contribution in [1.29, 1.82) is 0 Å². The topological polar surface area (TPSA) is 54.9 Å². The van der Waals surface area contributed by atoms with Gasteiger partial charge in [-0.1, -0.05) is 36.4 Å². The lowest BCUT2D eigenvalue weighted by Crippen LogP contribution is -2.13. The van der Waals surface area contributed by atoms with Gasteiger partial charge in [-0.15, -0.1) is 23.1 Å². The molecule has 0 bridgehead atoms. The first-order valence-corrected chi connectivity index (χ1v) is 9.13. The Kier molecular flexibility index (Phi) is 5.39. The van der Waals surface area contributed by atoms with Crippen LogP contribution in [0.25, 0.3) is 11.4 Å². The third-order valence-electron chi connectivity index (χ3n) is 3.02. The van der Waals surface area contributed by atoms with Crippen LogP contribution in [0.3, 0.4) is 0 Å². The number of anilines is 1. The molecule has 2 aromatic heterocycles. The van der Waals surface area contributed by atoms with Gasteiger partial charge < -0.3 is 5.32 Å². The van der Waals surface area contributed by atoms with Gasteiger partial charge in [0.05, 0.1) is 11.4 Å². The summed E-state index contributed by atoms with van der Waals surface area (Å²) in [6.07, 6.45) is 1.73. The van der Waals surface area contributed by atoms with Gasteiger partial charge in [-0.05, 0) is 17.7 Å². The molecule has 3 aromatic rings. The van der Waals surface area contributed by atoms with Crippen LogP contribution in [0.15, 0.2) is 60.1 Å². The molecule has 0 saturated heterocycles. The Labute approximate surface area is 143 Å². The number of thiazole rings is 1. The van der Waals surface area contributed by atoms with E-state index in [1.807, 2.05) is 41.8 Å². The van der Waals surface area contributed by atoms with Crippen LogP contribution in [0, 0.1) is 0 Å². The van der Waals surface area contributed by atoms with E-state index in [0.717, 1.165) is 17.1 Å². The minimum atomic E-state index is -0.0344. The number of rotatable bonds is 6. The number of nitrogens with zero attached hydrogens (tertiary/aromatic N) is 2. The predicted molar refractivity (Wildman–Crippen MR) is 96.6 cm³/mol. The van der Waals surface area contributed by atoms with E-state index >= 15 is 0 Å². The molecule has 3 rings (SSSR count). The molecule has 1 aromatic carbocycles. The van der Waals surface area contributed by atoms with Gasteiger partial charge in [-0.3, -0.25) is 9.78 Å². The third-order valence-corrected chi connectivity index (χ3v) is 4.78. The highest BCUT2D eigenvalue weighted by Gasteiger charge is 2.08. The third kappa shape index (κ3) is 4.64. The lowest BCUT2D eigenvalue weighted by atomic mass is 10.2. The smallest absolute Gasteiger partial charge is 0.236 e. The standard InChI is InChI=1S/C17H15N3OS2/c21-16(12-22-10-13-6-2-1-3-7-13)20-17-19-15(11-23-17)14-8-4-5-9-18-14/h1-9,11H,10,12H2,(H,19,20,21). The molecule has 0 saturated carbocycles. The molecule has 1 amide bonds. The number of hydrogen-bond donors (Lipinski definition) is 1. The second-order valence-corrected chi connectivity index (χ2v) is 6.62. The maximum absolute atomic E-state index is 12.0. The molecule has 1 N–H and O–H groups in total. The zero-order valence-electron chi connectivity index (χ0n) is 12.3. The molecule has 0 aliphatic heterocycles. The fourth-order valence-corrected chi connectivity index (χ4v) is 3.46. The van der Waals surface area contributed by atoms with Crippen molar-refractivity contribution in [2.24, 2.45) is 0 Å². The first-order valence-electron chi connectivity index (χ1n) is 7.10. The average Bonchev–Trinajstić information content (AvgIpc) is 3.05. The van der Waals surface area contributed by atoms with Crippen LogP contribution >= 0.6 is 23.1 Å². The maximum Gasteiger partial charge on any atom is 0.236 e. The summed E-state index contributed by atoms with van der Waals surface area (Å²) in [7, 11) is 0. The fraction of sp³-hybridized carbons (Fsp3) is 0.118. The van der Waals surface area contributed by atoms with Crippen LogP contribution < -0.4 is 5.32 Å². The van der Waals surface area contributed by atoms with Crippen molar-refractivity contribution in [3.05, 3.63) is 65.7 Å². The SMILES string of the molecule is O=C(CSCc1ccccc1)Nc1nc(-c2ccccn2)cs1. The maximum atomic E-state index is 12.0. The molecule has 116 valence electrons. The predicted octanol–water partition coefficient (Wildman–Crippen LogP) is 4.08. The number of nitrogens with one attached hydrogen (secondary N) is 1. The van der Waals surface area contributed by atoms with Gasteiger partial charge in [0.2, 0.25) is 5.91 Å². The van der Waals surface area contributed by atoms with Crippen LogP contribution in [0.2, 0.25) is 0 Å². The van der Waals surface area contributed by atoms with Crippen LogP contribution in [-0.2, 0) is 10.5 Å². The summed E-state index contributed by atoms with van der Waals surface area (Å²) in [5, 5.41) is 5.34. The normalized spacial score (nSPS) is 10.4. The molecule has 0 aliphatic rings. The second kappa shape index (κ2) is 7.89. The van der Waals surface area contributed by atoms with Crippen molar-refractivity contribution in [1.82, 2.24) is 9.97 Å². The first kappa shape index (κ1) is 15.7. The van der Waals surface area contributed by atoms with E-state index in [2.05, 4.69) is 27.4 Å². The molecule has 0 atom stereocenters. The minimum absolute atomic E-state index is 0.0344. The van der Waals surface area contributed by atoms with Crippen molar-refractivity contribution in [3.8, 4) is 11.4 Å². The van der Waals surface area contributed by atoms with Gasteiger partial charge in [-0.25, -0.2) is 4.98 Å². The second-order valence-electron chi connectivity index (χ2n) is 4.78. The van der Waals surface area contributed by atoms with Gasteiger partial charge in [-0.2, -0.15) is 0 Å². The number of aromatic nitrogens is 2. The summed E-state index contributed by atoms with van der Waals surface area (Å²) in [5.41, 5.74) is 2.81. The zero-order chi connectivity index (χ0) is 15.9. The molecule has 0 fully saturated rings. The average molecular weight is 341 g/mol. The van der Waals surface area contributed by atoms with E-state index in [-0.39, 0.29) is 5.91 Å².